The minimum atomic E-state index is -0.373. The highest BCUT2D eigenvalue weighted by molar-refractivity contribution is 9.10. The topological polar surface area (TPSA) is 78.4 Å². The molecule has 7 nitrogen and oxygen atoms in total. The minimum Gasteiger partial charge on any atom is -0.493 e. The number of methoxy groups -OCH3 is 2. The van der Waals surface area contributed by atoms with E-state index in [2.05, 4.69) is 26.5 Å². The Bertz CT molecular complexity index is 1160. The number of benzene rings is 3. The van der Waals surface area contributed by atoms with Crippen molar-refractivity contribution in [1.82, 2.24) is 5.43 Å². The first-order valence-electron chi connectivity index (χ1n) is 10.6. The van der Waals surface area contributed by atoms with Gasteiger partial charge in [-0.1, -0.05) is 29.8 Å². The Morgan fingerprint density at radius 3 is 2.38 bits per heavy atom. The van der Waals surface area contributed by atoms with E-state index in [0.29, 0.717) is 46.2 Å². The highest BCUT2D eigenvalue weighted by Crippen LogP contribution is 2.37. The van der Waals surface area contributed by atoms with Gasteiger partial charge in [0.25, 0.3) is 5.91 Å². The normalized spacial score (nSPS) is 10.7. The lowest BCUT2D eigenvalue weighted by molar-refractivity contribution is 0.0954. The van der Waals surface area contributed by atoms with Crippen LogP contribution in [-0.4, -0.2) is 32.9 Å². The van der Waals surface area contributed by atoms with Crippen LogP contribution in [0.5, 0.6) is 23.0 Å². The van der Waals surface area contributed by atoms with Crippen LogP contribution in [0.4, 0.5) is 0 Å². The van der Waals surface area contributed by atoms with Gasteiger partial charge in [0.2, 0.25) is 0 Å². The van der Waals surface area contributed by atoms with Gasteiger partial charge in [-0.15, -0.1) is 0 Å². The summed E-state index contributed by atoms with van der Waals surface area (Å²) in [4.78, 5) is 12.5. The van der Waals surface area contributed by atoms with E-state index in [9.17, 15) is 4.79 Å². The van der Waals surface area contributed by atoms with Gasteiger partial charge in [0.15, 0.2) is 23.0 Å². The van der Waals surface area contributed by atoms with Crippen LogP contribution in [-0.2, 0) is 6.61 Å². The average molecular weight is 527 g/mol. The predicted molar refractivity (Wildman–Crippen MR) is 135 cm³/mol. The molecule has 0 heterocycles. The van der Waals surface area contributed by atoms with E-state index in [1.807, 2.05) is 44.2 Å². The molecule has 0 unspecified atom stereocenters. The number of hydrazone groups is 1. The number of halogens is 1. The third-order valence-corrected chi connectivity index (χ3v) is 5.45. The number of amides is 1. The molecule has 1 amide bonds. The van der Waals surface area contributed by atoms with Gasteiger partial charge in [0, 0.05) is 5.56 Å². The van der Waals surface area contributed by atoms with E-state index in [1.165, 1.54) is 18.9 Å². The zero-order valence-corrected chi connectivity index (χ0v) is 21.1. The van der Waals surface area contributed by atoms with Crippen molar-refractivity contribution in [3.8, 4) is 23.0 Å². The van der Waals surface area contributed by atoms with Gasteiger partial charge >= 0.3 is 0 Å². The van der Waals surface area contributed by atoms with E-state index >= 15 is 0 Å². The van der Waals surface area contributed by atoms with Crippen molar-refractivity contribution in [3.05, 3.63) is 81.3 Å². The van der Waals surface area contributed by atoms with E-state index in [4.69, 9.17) is 18.9 Å². The van der Waals surface area contributed by atoms with Crippen LogP contribution >= 0.6 is 15.9 Å². The summed E-state index contributed by atoms with van der Waals surface area (Å²) < 4.78 is 23.0. The Morgan fingerprint density at radius 2 is 1.71 bits per heavy atom. The number of carbonyl (C=O) groups is 1. The maximum atomic E-state index is 12.5. The summed E-state index contributed by atoms with van der Waals surface area (Å²) in [5.74, 6) is 1.82. The Kier molecular flexibility index (Phi) is 8.93. The van der Waals surface area contributed by atoms with E-state index < -0.39 is 0 Å². The highest BCUT2D eigenvalue weighted by Gasteiger charge is 2.13. The molecular formula is C26H27BrN2O5. The number of nitrogens with zero attached hydrogens (tertiary/aromatic N) is 1. The summed E-state index contributed by atoms with van der Waals surface area (Å²) >= 11 is 3.54. The molecule has 0 aromatic heterocycles. The van der Waals surface area contributed by atoms with Crippen molar-refractivity contribution >= 4 is 28.1 Å². The third kappa shape index (κ3) is 6.51. The fraction of sp³-hybridized carbons (Fsp3) is 0.231. The molecule has 3 aromatic carbocycles. The summed E-state index contributed by atoms with van der Waals surface area (Å²) in [5, 5.41) is 4.07. The number of hydrogen-bond acceptors (Lipinski definition) is 6. The van der Waals surface area contributed by atoms with Crippen LogP contribution in [0.3, 0.4) is 0 Å². The van der Waals surface area contributed by atoms with Gasteiger partial charge in [-0.25, -0.2) is 5.43 Å². The summed E-state index contributed by atoms with van der Waals surface area (Å²) in [5.41, 5.74) is 5.89. The summed E-state index contributed by atoms with van der Waals surface area (Å²) in [6, 6.07) is 16.7. The van der Waals surface area contributed by atoms with Crippen LogP contribution in [0.1, 0.15) is 34.0 Å². The molecule has 0 aliphatic carbocycles. The Hall–Kier alpha value is -3.52. The fourth-order valence-corrected chi connectivity index (χ4v) is 3.68. The molecule has 178 valence electrons. The summed E-state index contributed by atoms with van der Waals surface area (Å²) in [6.07, 6.45) is 1.53. The monoisotopic (exact) mass is 526 g/mol. The van der Waals surface area contributed by atoms with Crippen molar-refractivity contribution in [3.63, 3.8) is 0 Å². The zero-order chi connectivity index (χ0) is 24.5. The third-order valence-electron chi connectivity index (χ3n) is 4.86. The number of rotatable bonds is 10. The Morgan fingerprint density at radius 1 is 0.971 bits per heavy atom. The molecule has 0 spiro atoms. The van der Waals surface area contributed by atoms with Crippen molar-refractivity contribution in [2.24, 2.45) is 5.10 Å². The molecule has 3 aromatic rings. The zero-order valence-electron chi connectivity index (χ0n) is 19.6. The van der Waals surface area contributed by atoms with Crippen molar-refractivity contribution in [2.45, 2.75) is 20.5 Å². The molecule has 8 heteroatoms. The van der Waals surface area contributed by atoms with Gasteiger partial charge in [0.1, 0.15) is 6.61 Å². The van der Waals surface area contributed by atoms with Crippen LogP contribution < -0.4 is 24.4 Å². The van der Waals surface area contributed by atoms with Gasteiger partial charge in [0.05, 0.1) is 31.5 Å². The standard InChI is InChI=1S/C26H27BrN2O5/c1-5-33-22-11-10-20(14-23(22)31-3)26(30)29-28-15-19-12-21(27)25(24(13-19)32-4)34-16-18-8-6-17(2)7-9-18/h6-15H,5,16H2,1-4H3,(H,29,30)/b28-15+. The SMILES string of the molecule is CCOc1ccc(C(=O)N/N=C/c2cc(Br)c(OCc3ccc(C)cc3)c(OC)c2)cc1OC. The number of ether oxygens (including phenoxy) is 4. The predicted octanol–water partition coefficient (Wildman–Crippen LogP) is 5.52. The van der Waals surface area contributed by atoms with Crippen molar-refractivity contribution in [2.75, 3.05) is 20.8 Å². The highest BCUT2D eigenvalue weighted by atomic mass is 79.9. The molecule has 0 atom stereocenters. The quantitative estimate of drug-likeness (QED) is 0.278. The van der Waals surface area contributed by atoms with Gasteiger partial charge in [-0.3, -0.25) is 4.79 Å². The molecular weight excluding hydrogens is 500 g/mol. The fourth-order valence-electron chi connectivity index (χ4n) is 3.11. The maximum Gasteiger partial charge on any atom is 0.271 e. The first kappa shape index (κ1) is 25.1. The van der Waals surface area contributed by atoms with Crippen molar-refractivity contribution in [1.29, 1.82) is 0 Å². The molecule has 0 radical (unpaired) electrons. The molecule has 0 fully saturated rings. The van der Waals surface area contributed by atoms with Crippen molar-refractivity contribution < 1.29 is 23.7 Å². The van der Waals surface area contributed by atoms with Crippen LogP contribution in [0.25, 0.3) is 0 Å². The molecule has 34 heavy (non-hydrogen) atoms. The minimum absolute atomic E-state index is 0.373. The summed E-state index contributed by atoms with van der Waals surface area (Å²) in [6.45, 7) is 4.83. The molecule has 1 N–H and O–H groups in total. The number of hydrogen-bond donors (Lipinski definition) is 1. The lowest BCUT2D eigenvalue weighted by Gasteiger charge is -2.13. The molecule has 3 rings (SSSR count). The molecule has 0 bridgehead atoms. The second-order valence-electron chi connectivity index (χ2n) is 7.31. The molecule has 0 aliphatic rings. The first-order chi connectivity index (χ1) is 16.4. The number of nitrogens with one attached hydrogen (secondary N) is 1. The van der Waals surface area contributed by atoms with E-state index in [1.54, 1.807) is 31.4 Å². The van der Waals surface area contributed by atoms with Crippen LogP contribution in [0.2, 0.25) is 0 Å². The first-order valence-corrected chi connectivity index (χ1v) is 11.4. The average Bonchev–Trinajstić information content (AvgIpc) is 2.84. The Labute approximate surface area is 207 Å². The molecule has 0 aliphatic heterocycles. The largest absolute Gasteiger partial charge is 0.493 e. The van der Waals surface area contributed by atoms with E-state index in [0.717, 1.165) is 11.1 Å². The van der Waals surface area contributed by atoms with Gasteiger partial charge < -0.3 is 18.9 Å². The van der Waals surface area contributed by atoms with E-state index in [-0.39, 0.29) is 5.91 Å². The molecule has 0 saturated carbocycles. The van der Waals surface area contributed by atoms with Gasteiger partial charge in [-0.2, -0.15) is 5.10 Å². The lowest BCUT2D eigenvalue weighted by Crippen LogP contribution is -2.17. The second-order valence-corrected chi connectivity index (χ2v) is 8.16. The van der Waals surface area contributed by atoms with Crippen LogP contribution in [0.15, 0.2) is 64.2 Å². The second kappa shape index (κ2) is 12.1. The van der Waals surface area contributed by atoms with Crippen LogP contribution in [0, 0.1) is 6.92 Å². The van der Waals surface area contributed by atoms with Gasteiger partial charge in [-0.05, 0) is 71.2 Å². The maximum absolute atomic E-state index is 12.5. The smallest absolute Gasteiger partial charge is 0.271 e. The number of aryl methyl sites for hydroxylation is 1. The Balaban J connectivity index is 1.68. The number of carbonyl (C=O) groups excluding carboxylic acids is 1. The lowest BCUT2D eigenvalue weighted by atomic mass is 10.1. The molecule has 0 saturated heterocycles. The summed E-state index contributed by atoms with van der Waals surface area (Å²) in [7, 11) is 3.10.